The normalized spacial score (nSPS) is 10.2. The van der Waals surface area contributed by atoms with Crippen LogP contribution in [0.2, 0.25) is 0 Å². The van der Waals surface area contributed by atoms with E-state index in [-0.39, 0.29) is 17.6 Å². The molecule has 3 N–H and O–H groups in total. The van der Waals surface area contributed by atoms with Gasteiger partial charge in [-0.05, 0) is 17.7 Å². The lowest BCUT2D eigenvalue weighted by molar-refractivity contribution is -0.119. The van der Waals surface area contributed by atoms with E-state index in [0.717, 1.165) is 11.3 Å². The topological polar surface area (TPSA) is 86.9 Å². The molecule has 1 heterocycles. The van der Waals surface area contributed by atoms with Gasteiger partial charge in [-0.2, -0.15) is 0 Å². The summed E-state index contributed by atoms with van der Waals surface area (Å²) in [6, 6.07) is 18.5. The molecule has 0 aliphatic heterocycles. The first-order valence-electron chi connectivity index (χ1n) is 7.60. The minimum Gasteiger partial charge on any atom is -0.333 e. The molecule has 0 atom stereocenters. The van der Waals surface area contributed by atoms with E-state index in [9.17, 15) is 9.59 Å². The first-order chi connectivity index (χ1) is 12.2. The Morgan fingerprint density at radius 3 is 2.36 bits per heavy atom. The molecule has 6 nitrogen and oxygen atoms in total. The van der Waals surface area contributed by atoms with Gasteiger partial charge >= 0.3 is 0 Å². The largest absolute Gasteiger partial charge is 0.333 e. The Bertz CT molecular complexity index is 850. The third-order valence-electron chi connectivity index (χ3n) is 3.33. The fourth-order valence-corrected chi connectivity index (χ4v) is 2.75. The maximum absolute atomic E-state index is 11.8. The summed E-state index contributed by atoms with van der Waals surface area (Å²) >= 11 is 1.26. The Balaban J connectivity index is 1.47. The molecule has 1 aromatic heterocycles. The van der Waals surface area contributed by atoms with Gasteiger partial charge in [0.25, 0.3) is 5.91 Å². The highest BCUT2D eigenvalue weighted by molar-refractivity contribution is 7.99. The van der Waals surface area contributed by atoms with E-state index in [0.29, 0.717) is 10.7 Å². The first kappa shape index (κ1) is 16.8. The third-order valence-corrected chi connectivity index (χ3v) is 4.22. The van der Waals surface area contributed by atoms with Crippen LogP contribution < -0.4 is 10.9 Å². The summed E-state index contributed by atoms with van der Waals surface area (Å²) in [4.78, 5) is 31.1. The highest BCUT2D eigenvalue weighted by Crippen LogP contribution is 2.20. The molecule has 7 heteroatoms. The predicted molar refractivity (Wildman–Crippen MR) is 96.8 cm³/mol. The summed E-state index contributed by atoms with van der Waals surface area (Å²) in [5.41, 5.74) is 7.17. The lowest BCUT2D eigenvalue weighted by atomic mass is 10.2. The van der Waals surface area contributed by atoms with Gasteiger partial charge in [0.05, 0.1) is 17.6 Å². The molecular formula is C18H16N4O2S. The second-order valence-electron chi connectivity index (χ2n) is 5.13. The van der Waals surface area contributed by atoms with Gasteiger partial charge in [0.1, 0.15) is 0 Å². The predicted octanol–water partition coefficient (Wildman–Crippen LogP) is 2.63. The van der Waals surface area contributed by atoms with Gasteiger partial charge in [0, 0.05) is 5.56 Å². The number of carbonyl (C=O) groups is 2. The van der Waals surface area contributed by atoms with Gasteiger partial charge < -0.3 is 4.98 Å². The Labute approximate surface area is 149 Å². The average Bonchev–Trinajstić information content (AvgIpc) is 3.15. The van der Waals surface area contributed by atoms with Crippen LogP contribution >= 0.6 is 11.8 Å². The molecule has 2 amide bonds. The highest BCUT2D eigenvalue weighted by Gasteiger charge is 2.09. The van der Waals surface area contributed by atoms with Crippen molar-refractivity contribution in [1.29, 1.82) is 0 Å². The zero-order valence-corrected chi connectivity index (χ0v) is 14.0. The molecule has 0 aliphatic rings. The van der Waals surface area contributed by atoms with Crippen molar-refractivity contribution < 1.29 is 9.59 Å². The Morgan fingerprint density at radius 1 is 0.960 bits per heavy atom. The number of benzene rings is 2. The molecule has 3 aromatic rings. The number of amides is 2. The van der Waals surface area contributed by atoms with E-state index in [1.807, 2.05) is 36.4 Å². The standard InChI is InChI=1S/C18H16N4O2S/c23-16(21-22-17(24)14-9-5-2-6-10-14)12-25-18-19-11-15(20-18)13-7-3-1-4-8-13/h1-11H,12H2,(H,19,20)(H,21,23)(H,22,24). The number of thioether (sulfide) groups is 1. The van der Waals surface area contributed by atoms with Crippen molar-refractivity contribution in [3.63, 3.8) is 0 Å². The number of hydrogen-bond acceptors (Lipinski definition) is 4. The zero-order valence-electron chi connectivity index (χ0n) is 13.2. The number of carbonyl (C=O) groups excluding carboxylic acids is 2. The summed E-state index contributed by atoms with van der Waals surface area (Å²) in [6.45, 7) is 0. The number of nitrogens with one attached hydrogen (secondary N) is 3. The molecule has 3 rings (SSSR count). The smallest absolute Gasteiger partial charge is 0.269 e. The molecule has 0 fully saturated rings. The number of nitrogens with zero attached hydrogens (tertiary/aromatic N) is 1. The van der Waals surface area contributed by atoms with Crippen LogP contribution in [0.4, 0.5) is 0 Å². The molecule has 25 heavy (non-hydrogen) atoms. The van der Waals surface area contributed by atoms with Crippen LogP contribution in [0.5, 0.6) is 0 Å². The van der Waals surface area contributed by atoms with Crippen LogP contribution in [0.3, 0.4) is 0 Å². The average molecular weight is 352 g/mol. The fraction of sp³-hybridized carbons (Fsp3) is 0.0556. The molecule has 0 aliphatic carbocycles. The number of rotatable bonds is 5. The molecule has 0 saturated heterocycles. The van der Waals surface area contributed by atoms with Crippen molar-refractivity contribution >= 4 is 23.6 Å². The summed E-state index contributed by atoms with van der Waals surface area (Å²) in [7, 11) is 0. The van der Waals surface area contributed by atoms with Crippen LogP contribution in [-0.4, -0.2) is 27.5 Å². The number of hydrogen-bond donors (Lipinski definition) is 3. The van der Waals surface area contributed by atoms with Crippen molar-refractivity contribution in [3.05, 3.63) is 72.4 Å². The quantitative estimate of drug-likeness (QED) is 0.487. The Morgan fingerprint density at radius 2 is 1.64 bits per heavy atom. The van der Waals surface area contributed by atoms with Gasteiger partial charge in [-0.1, -0.05) is 60.3 Å². The summed E-state index contributed by atoms with van der Waals surface area (Å²) in [5.74, 6) is -0.535. The number of hydrazine groups is 1. The number of aromatic nitrogens is 2. The Kier molecular flexibility index (Phi) is 5.48. The summed E-state index contributed by atoms with van der Waals surface area (Å²) < 4.78 is 0. The lowest BCUT2D eigenvalue weighted by Crippen LogP contribution is -2.42. The minimum absolute atomic E-state index is 0.136. The molecule has 0 radical (unpaired) electrons. The van der Waals surface area contributed by atoms with Crippen molar-refractivity contribution in [3.8, 4) is 11.3 Å². The van der Waals surface area contributed by atoms with Crippen molar-refractivity contribution in [2.45, 2.75) is 5.16 Å². The summed E-state index contributed by atoms with van der Waals surface area (Å²) in [6.07, 6.45) is 1.73. The van der Waals surface area contributed by atoms with E-state index in [1.54, 1.807) is 30.5 Å². The van der Waals surface area contributed by atoms with E-state index in [1.165, 1.54) is 11.8 Å². The Hall–Kier alpha value is -3.06. The molecule has 126 valence electrons. The van der Waals surface area contributed by atoms with Gasteiger partial charge in [-0.3, -0.25) is 20.4 Å². The number of H-pyrrole nitrogens is 1. The van der Waals surface area contributed by atoms with E-state index < -0.39 is 0 Å². The fourth-order valence-electron chi connectivity index (χ4n) is 2.10. The molecule has 0 bridgehead atoms. The van der Waals surface area contributed by atoms with Gasteiger partial charge in [-0.25, -0.2) is 4.98 Å². The van der Waals surface area contributed by atoms with Crippen molar-refractivity contribution in [2.24, 2.45) is 0 Å². The minimum atomic E-state index is -0.358. The molecule has 0 unspecified atom stereocenters. The SMILES string of the molecule is O=C(CSc1ncc(-c2ccccc2)[nH]1)NNC(=O)c1ccccc1. The second kappa shape index (κ2) is 8.16. The van der Waals surface area contributed by atoms with Gasteiger partial charge in [0.15, 0.2) is 5.16 Å². The van der Waals surface area contributed by atoms with E-state index in [4.69, 9.17) is 0 Å². The summed E-state index contributed by atoms with van der Waals surface area (Å²) in [5, 5.41) is 0.642. The second-order valence-corrected chi connectivity index (χ2v) is 6.09. The monoisotopic (exact) mass is 352 g/mol. The van der Waals surface area contributed by atoms with Crippen LogP contribution in [0.1, 0.15) is 10.4 Å². The van der Waals surface area contributed by atoms with E-state index in [2.05, 4.69) is 20.8 Å². The number of aromatic amines is 1. The van der Waals surface area contributed by atoms with Crippen LogP contribution in [0.15, 0.2) is 72.0 Å². The van der Waals surface area contributed by atoms with Gasteiger partial charge in [0.2, 0.25) is 5.91 Å². The van der Waals surface area contributed by atoms with Crippen LogP contribution in [0, 0.1) is 0 Å². The van der Waals surface area contributed by atoms with Crippen LogP contribution in [0.25, 0.3) is 11.3 Å². The maximum Gasteiger partial charge on any atom is 0.269 e. The molecule has 0 saturated carbocycles. The lowest BCUT2D eigenvalue weighted by Gasteiger charge is -2.06. The maximum atomic E-state index is 11.8. The molecule has 0 spiro atoms. The van der Waals surface area contributed by atoms with Gasteiger partial charge in [-0.15, -0.1) is 0 Å². The van der Waals surface area contributed by atoms with Crippen LogP contribution in [-0.2, 0) is 4.79 Å². The first-order valence-corrected chi connectivity index (χ1v) is 8.58. The highest BCUT2D eigenvalue weighted by atomic mass is 32.2. The molecular weight excluding hydrogens is 336 g/mol. The van der Waals surface area contributed by atoms with E-state index >= 15 is 0 Å². The van der Waals surface area contributed by atoms with Crippen molar-refractivity contribution in [2.75, 3.05) is 5.75 Å². The number of imidazole rings is 1. The zero-order chi connectivity index (χ0) is 17.5. The van der Waals surface area contributed by atoms with Crippen molar-refractivity contribution in [1.82, 2.24) is 20.8 Å². The molecule has 2 aromatic carbocycles. The third kappa shape index (κ3) is 4.71.